The van der Waals surface area contributed by atoms with Gasteiger partial charge in [-0.3, -0.25) is 0 Å². The molecule has 1 aliphatic carbocycles. The van der Waals surface area contributed by atoms with E-state index in [1.165, 1.54) is 45.2 Å². The molecule has 2 rings (SSSR count). The molecular weight excluding hydrogens is 236 g/mol. The minimum absolute atomic E-state index is 0.433. The van der Waals surface area contributed by atoms with Gasteiger partial charge >= 0.3 is 0 Å². The van der Waals surface area contributed by atoms with Crippen LogP contribution in [0.15, 0.2) is 0 Å². The number of nitrogens with zero attached hydrogens (tertiary/aromatic N) is 1. The van der Waals surface area contributed by atoms with Crippen molar-refractivity contribution in [1.29, 1.82) is 0 Å². The molecule has 3 nitrogen and oxygen atoms in total. The van der Waals surface area contributed by atoms with E-state index in [2.05, 4.69) is 17.3 Å². The molecule has 1 saturated heterocycles. The topological polar surface area (TPSA) is 35.5 Å². The van der Waals surface area contributed by atoms with E-state index in [4.69, 9.17) is 0 Å². The molecular formula is C16H32N2O. The highest BCUT2D eigenvalue weighted by Crippen LogP contribution is 2.37. The van der Waals surface area contributed by atoms with Crippen molar-refractivity contribution in [2.75, 3.05) is 33.2 Å². The molecule has 2 aliphatic rings. The summed E-state index contributed by atoms with van der Waals surface area (Å²) in [5.74, 6) is 0. The largest absolute Gasteiger partial charge is 0.390 e. The highest BCUT2D eigenvalue weighted by atomic mass is 16.3. The molecule has 0 aromatic heterocycles. The van der Waals surface area contributed by atoms with Crippen LogP contribution in [0.3, 0.4) is 0 Å². The maximum Gasteiger partial charge on any atom is 0.0632 e. The lowest BCUT2D eigenvalue weighted by molar-refractivity contribution is 0.0410. The lowest BCUT2D eigenvalue weighted by atomic mass is 9.73. The SMILES string of the molecule is CNCC1(CN2CCCC(C)(O)CC2)CCCCC1. The molecule has 0 aromatic rings. The minimum atomic E-state index is -0.433. The Kier molecular flexibility index (Phi) is 5.27. The summed E-state index contributed by atoms with van der Waals surface area (Å²) in [5.41, 5.74) is 0.0562. The Labute approximate surface area is 118 Å². The monoisotopic (exact) mass is 268 g/mol. The van der Waals surface area contributed by atoms with Gasteiger partial charge in [0.05, 0.1) is 5.60 Å². The molecule has 2 fully saturated rings. The van der Waals surface area contributed by atoms with Gasteiger partial charge in [-0.25, -0.2) is 0 Å². The number of rotatable bonds is 4. The van der Waals surface area contributed by atoms with Crippen LogP contribution in [-0.4, -0.2) is 48.8 Å². The predicted molar refractivity (Wildman–Crippen MR) is 80.4 cm³/mol. The highest BCUT2D eigenvalue weighted by Gasteiger charge is 2.34. The Balaban J connectivity index is 1.93. The molecule has 19 heavy (non-hydrogen) atoms. The first-order valence-corrected chi connectivity index (χ1v) is 8.15. The van der Waals surface area contributed by atoms with E-state index in [-0.39, 0.29) is 0 Å². The average Bonchev–Trinajstić information content (AvgIpc) is 2.52. The number of hydrogen-bond donors (Lipinski definition) is 2. The molecule has 112 valence electrons. The van der Waals surface area contributed by atoms with E-state index >= 15 is 0 Å². The lowest BCUT2D eigenvalue weighted by Crippen LogP contribution is -2.45. The van der Waals surface area contributed by atoms with Crippen molar-refractivity contribution < 1.29 is 5.11 Å². The fourth-order valence-electron chi connectivity index (χ4n) is 4.02. The summed E-state index contributed by atoms with van der Waals surface area (Å²) in [6.45, 7) is 6.62. The Bertz CT molecular complexity index is 266. The summed E-state index contributed by atoms with van der Waals surface area (Å²) in [5, 5.41) is 13.6. The van der Waals surface area contributed by atoms with Crippen LogP contribution < -0.4 is 5.32 Å². The zero-order valence-corrected chi connectivity index (χ0v) is 12.9. The van der Waals surface area contributed by atoms with Gasteiger partial charge in [0, 0.05) is 19.6 Å². The zero-order valence-electron chi connectivity index (χ0n) is 12.9. The number of aliphatic hydroxyl groups is 1. The summed E-state index contributed by atoms with van der Waals surface area (Å²) in [7, 11) is 2.09. The smallest absolute Gasteiger partial charge is 0.0632 e. The summed E-state index contributed by atoms with van der Waals surface area (Å²) in [6, 6.07) is 0. The van der Waals surface area contributed by atoms with Gasteiger partial charge in [0.25, 0.3) is 0 Å². The van der Waals surface area contributed by atoms with Gasteiger partial charge < -0.3 is 15.3 Å². The van der Waals surface area contributed by atoms with Crippen LogP contribution in [-0.2, 0) is 0 Å². The summed E-state index contributed by atoms with van der Waals surface area (Å²) in [6.07, 6.45) is 10.00. The van der Waals surface area contributed by atoms with Crippen molar-refractivity contribution in [3.63, 3.8) is 0 Å². The van der Waals surface area contributed by atoms with Crippen molar-refractivity contribution in [2.45, 2.75) is 63.9 Å². The molecule has 0 spiro atoms. The van der Waals surface area contributed by atoms with Gasteiger partial charge in [0.1, 0.15) is 0 Å². The fraction of sp³-hybridized carbons (Fsp3) is 1.00. The van der Waals surface area contributed by atoms with Crippen LogP contribution in [0.5, 0.6) is 0 Å². The quantitative estimate of drug-likeness (QED) is 0.822. The van der Waals surface area contributed by atoms with E-state index < -0.39 is 5.60 Å². The third-order valence-corrected chi connectivity index (χ3v) is 5.18. The minimum Gasteiger partial charge on any atom is -0.390 e. The number of hydrogen-bond acceptors (Lipinski definition) is 3. The Morgan fingerprint density at radius 3 is 2.42 bits per heavy atom. The normalized spacial score (nSPS) is 33.0. The van der Waals surface area contributed by atoms with E-state index in [1.807, 2.05) is 6.92 Å². The summed E-state index contributed by atoms with van der Waals surface area (Å²) in [4.78, 5) is 2.62. The molecule has 1 heterocycles. The van der Waals surface area contributed by atoms with Crippen molar-refractivity contribution in [2.24, 2.45) is 5.41 Å². The highest BCUT2D eigenvalue weighted by molar-refractivity contribution is 4.89. The van der Waals surface area contributed by atoms with E-state index in [1.54, 1.807) is 0 Å². The second-order valence-electron chi connectivity index (χ2n) is 7.22. The number of likely N-dealkylation sites (tertiary alicyclic amines) is 1. The molecule has 0 aromatic carbocycles. The zero-order chi connectivity index (χ0) is 13.8. The Hall–Kier alpha value is -0.120. The molecule has 1 atom stereocenters. The van der Waals surface area contributed by atoms with Crippen LogP contribution in [0.4, 0.5) is 0 Å². The second-order valence-corrected chi connectivity index (χ2v) is 7.22. The van der Waals surface area contributed by atoms with Gasteiger partial charge in [0.2, 0.25) is 0 Å². The first-order valence-electron chi connectivity index (χ1n) is 8.15. The molecule has 1 unspecified atom stereocenters. The molecule has 2 N–H and O–H groups in total. The van der Waals surface area contributed by atoms with Crippen LogP contribution in [0.2, 0.25) is 0 Å². The van der Waals surface area contributed by atoms with Crippen LogP contribution in [0.1, 0.15) is 58.3 Å². The average molecular weight is 268 g/mol. The fourth-order valence-corrected chi connectivity index (χ4v) is 4.02. The summed E-state index contributed by atoms with van der Waals surface area (Å²) < 4.78 is 0. The van der Waals surface area contributed by atoms with Crippen molar-refractivity contribution >= 4 is 0 Å². The molecule has 1 aliphatic heterocycles. The lowest BCUT2D eigenvalue weighted by Gasteiger charge is -2.41. The Morgan fingerprint density at radius 2 is 1.74 bits per heavy atom. The van der Waals surface area contributed by atoms with Crippen molar-refractivity contribution in [1.82, 2.24) is 10.2 Å². The maximum absolute atomic E-state index is 10.2. The first-order chi connectivity index (χ1) is 9.05. The molecule has 0 radical (unpaired) electrons. The van der Waals surface area contributed by atoms with Gasteiger partial charge in [-0.05, 0) is 58.0 Å². The first kappa shape index (κ1) is 15.3. The van der Waals surface area contributed by atoms with Crippen molar-refractivity contribution in [3.05, 3.63) is 0 Å². The maximum atomic E-state index is 10.2. The second kappa shape index (κ2) is 6.55. The van der Waals surface area contributed by atoms with E-state index in [9.17, 15) is 5.11 Å². The van der Waals surface area contributed by atoms with Gasteiger partial charge in [-0.15, -0.1) is 0 Å². The van der Waals surface area contributed by atoms with E-state index in [0.29, 0.717) is 5.41 Å². The van der Waals surface area contributed by atoms with Gasteiger partial charge in [0.15, 0.2) is 0 Å². The molecule has 0 bridgehead atoms. The molecule has 3 heteroatoms. The van der Waals surface area contributed by atoms with Gasteiger partial charge in [-0.2, -0.15) is 0 Å². The third kappa shape index (κ3) is 4.44. The van der Waals surface area contributed by atoms with Gasteiger partial charge in [-0.1, -0.05) is 19.3 Å². The molecule has 1 saturated carbocycles. The standard InChI is InChI=1S/C16H32N2O/c1-15(19)7-6-11-18(12-10-15)14-16(13-17-2)8-4-3-5-9-16/h17,19H,3-14H2,1-2H3. The van der Waals surface area contributed by atoms with Crippen molar-refractivity contribution in [3.8, 4) is 0 Å². The Morgan fingerprint density at radius 1 is 1.00 bits per heavy atom. The van der Waals surface area contributed by atoms with E-state index in [0.717, 1.165) is 32.4 Å². The van der Waals surface area contributed by atoms with Crippen LogP contribution in [0.25, 0.3) is 0 Å². The third-order valence-electron chi connectivity index (χ3n) is 5.18. The van der Waals surface area contributed by atoms with Crippen LogP contribution >= 0.6 is 0 Å². The number of nitrogens with one attached hydrogen (secondary N) is 1. The molecule has 0 amide bonds. The van der Waals surface area contributed by atoms with Crippen LogP contribution in [0, 0.1) is 5.41 Å². The predicted octanol–water partition coefficient (Wildman–Crippen LogP) is 2.39. The summed E-state index contributed by atoms with van der Waals surface area (Å²) >= 11 is 0.